The Bertz CT molecular complexity index is 950. The Labute approximate surface area is 170 Å². The number of nitrogens with zero attached hydrogens (tertiary/aromatic N) is 1. The number of hydrogen-bond acceptors (Lipinski definition) is 5. The summed E-state index contributed by atoms with van der Waals surface area (Å²) in [6.07, 6.45) is 1.45. The van der Waals surface area contributed by atoms with E-state index in [9.17, 15) is 9.59 Å². The van der Waals surface area contributed by atoms with Gasteiger partial charge in [-0.15, -0.1) is 0 Å². The van der Waals surface area contributed by atoms with Crippen LogP contribution in [0.15, 0.2) is 72.9 Å². The normalized spacial score (nSPS) is 11.5. The van der Waals surface area contributed by atoms with Gasteiger partial charge in [0.25, 0.3) is 0 Å². The van der Waals surface area contributed by atoms with Gasteiger partial charge in [-0.05, 0) is 28.8 Å². The quantitative estimate of drug-likeness (QED) is 0.520. The fraction of sp³-hybridized carbons (Fsp3) is 0.208. The lowest BCUT2D eigenvalue weighted by atomic mass is 9.96. The van der Waals surface area contributed by atoms with E-state index in [0.717, 1.165) is 22.4 Å². The molecule has 0 spiro atoms. The number of carbonyl (C=O) groups is 2. The van der Waals surface area contributed by atoms with Gasteiger partial charge in [0.1, 0.15) is 5.78 Å². The van der Waals surface area contributed by atoms with Crippen LogP contribution in [0.5, 0.6) is 5.75 Å². The van der Waals surface area contributed by atoms with Crippen molar-refractivity contribution < 1.29 is 19.1 Å². The third-order valence-corrected chi connectivity index (χ3v) is 4.63. The molecule has 1 atom stereocenters. The van der Waals surface area contributed by atoms with Crippen molar-refractivity contribution in [2.45, 2.75) is 25.7 Å². The number of pyridine rings is 1. The number of ketones is 1. The molecular formula is C24H23NO4. The number of hydrogen-bond donors (Lipinski definition) is 0. The Morgan fingerprint density at radius 2 is 1.62 bits per heavy atom. The van der Waals surface area contributed by atoms with Crippen molar-refractivity contribution in [1.82, 2.24) is 4.98 Å². The average Bonchev–Trinajstić information content (AvgIpc) is 2.75. The number of Topliss-reactive ketones (excluding diaryl/α,β-unsaturated/α-hetero) is 1. The highest BCUT2D eigenvalue weighted by Gasteiger charge is 2.14. The summed E-state index contributed by atoms with van der Waals surface area (Å²) in [5, 5.41) is 0. The molecule has 3 rings (SSSR count). The molecule has 0 aliphatic heterocycles. The van der Waals surface area contributed by atoms with E-state index in [1.807, 2.05) is 49.4 Å². The number of aromatic nitrogens is 1. The molecule has 5 heteroatoms. The topological polar surface area (TPSA) is 65.5 Å². The second-order valence-corrected chi connectivity index (χ2v) is 6.86. The first-order valence-electron chi connectivity index (χ1n) is 9.43. The molecule has 0 saturated carbocycles. The zero-order chi connectivity index (χ0) is 20.6. The second-order valence-electron chi connectivity index (χ2n) is 6.86. The maximum absolute atomic E-state index is 12.5. The largest absolute Gasteiger partial charge is 0.513 e. The van der Waals surface area contributed by atoms with Crippen molar-refractivity contribution in [3.05, 3.63) is 84.2 Å². The minimum absolute atomic E-state index is 0.0294. The van der Waals surface area contributed by atoms with Gasteiger partial charge in [0.15, 0.2) is 5.75 Å². The smallest absolute Gasteiger partial charge is 0.437 e. The SMILES string of the molecule is COC(=O)Oc1ccc([C@@H](C)CC(=O)Cc2ccc(-c3ccccc3)cc2)nc1. The van der Waals surface area contributed by atoms with Crippen LogP contribution in [0, 0.1) is 0 Å². The van der Waals surface area contributed by atoms with Gasteiger partial charge in [-0.25, -0.2) is 4.79 Å². The van der Waals surface area contributed by atoms with Gasteiger partial charge in [0.2, 0.25) is 0 Å². The summed E-state index contributed by atoms with van der Waals surface area (Å²) >= 11 is 0. The predicted octanol–water partition coefficient (Wildman–Crippen LogP) is 5.20. The first-order valence-corrected chi connectivity index (χ1v) is 9.43. The lowest BCUT2D eigenvalue weighted by molar-refractivity contribution is -0.118. The summed E-state index contributed by atoms with van der Waals surface area (Å²) in [7, 11) is 1.24. The molecule has 0 aliphatic carbocycles. The van der Waals surface area contributed by atoms with Crippen molar-refractivity contribution in [3.8, 4) is 16.9 Å². The van der Waals surface area contributed by atoms with E-state index in [1.54, 1.807) is 12.1 Å². The highest BCUT2D eigenvalue weighted by molar-refractivity contribution is 5.81. The van der Waals surface area contributed by atoms with Crippen LogP contribution in [0.4, 0.5) is 4.79 Å². The predicted molar refractivity (Wildman–Crippen MR) is 111 cm³/mol. The summed E-state index contributed by atoms with van der Waals surface area (Å²) in [5.74, 6) is 0.428. The maximum atomic E-state index is 12.5. The van der Waals surface area contributed by atoms with Gasteiger partial charge in [-0.2, -0.15) is 0 Å². The van der Waals surface area contributed by atoms with Crippen molar-refractivity contribution in [1.29, 1.82) is 0 Å². The summed E-state index contributed by atoms with van der Waals surface area (Å²) < 4.78 is 9.35. The summed E-state index contributed by atoms with van der Waals surface area (Å²) in [6, 6.07) is 21.6. The van der Waals surface area contributed by atoms with E-state index in [2.05, 4.69) is 21.9 Å². The van der Waals surface area contributed by atoms with E-state index >= 15 is 0 Å². The van der Waals surface area contributed by atoms with Crippen LogP contribution in [0.3, 0.4) is 0 Å². The first kappa shape index (κ1) is 20.3. The number of rotatable bonds is 7. The van der Waals surface area contributed by atoms with Gasteiger partial charge < -0.3 is 9.47 Å². The molecule has 148 valence electrons. The summed E-state index contributed by atoms with van der Waals surface area (Å²) in [4.78, 5) is 27.9. The van der Waals surface area contributed by atoms with E-state index in [0.29, 0.717) is 18.6 Å². The summed E-state index contributed by atoms with van der Waals surface area (Å²) in [6.45, 7) is 1.96. The first-order chi connectivity index (χ1) is 14.0. The number of ether oxygens (including phenoxy) is 2. The Morgan fingerprint density at radius 1 is 0.931 bits per heavy atom. The third-order valence-electron chi connectivity index (χ3n) is 4.63. The van der Waals surface area contributed by atoms with E-state index in [-0.39, 0.29) is 11.7 Å². The second kappa shape index (κ2) is 9.64. The Balaban J connectivity index is 1.55. The van der Waals surface area contributed by atoms with Crippen LogP contribution < -0.4 is 4.74 Å². The molecule has 0 amide bonds. The fourth-order valence-corrected chi connectivity index (χ4v) is 3.07. The average molecular weight is 389 g/mol. The maximum Gasteiger partial charge on any atom is 0.513 e. The molecule has 29 heavy (non-hydrogen) atoms. The Kier molecular flexibility index (Phi) is 6.74. The van der Waals surface area contributed by atoms with Gasteiger partial charge in [-0.1, -0.05) is 61.5 Å². The molecular weight excluding hydrogens is 366 g/mol. The van der Waals surface area contributed by atoms with Crippen LogP contribution in [-0.4, -0.2) is 24.0 Å². The third kappa shape index (κ3) is 5.75. The molecule has 2 aromatic carbocycles. The molecule has 0 N–H and O–H groups in total. The zero-order valence-electron chi connectivity index (χ0n) is 16.5. The minimum atomic E-state index is -0.791. The molecule has 0 bridgehead atoms. The van der Waals surface area contributed by atoms with Crippen molar-refractivity contribution in [2.24, 2.45) is 0 Å². The van der Waals surface area contributed by atoms with Crippen LogP contribution in [0.25, 0.3) is 11.1 Å². The van der Waals surface area contributed by atoms with Crippen LogP contribution in [-0.2, 0) is 16.0 Å². The molecule has 5 nitrogen and oxygen atoms in total. The van der Waals surface area contributed by atoms with Crippen molar-refractivity contribution in [3.63, 3.8) is 0 Å². The molecule has 1 heterocycles. The lowest BCUT2D eigenvalue weighted by Crippen LogP contribution is -2.10. The highest BCUT2D eigenvalue weighted by atomic mass is 16.7. The van der Waals surface area contributed by atoms with E-state index in [1.165, 1.54) is 13.3 Å². The van der Waals surface area contributed by atoms with E-state index in [4.69, 9.17) is 4.74 Å². The van der Waals surface area contributed by atoms with Crippen LogP contribution >= 0.6 is 0 Å². The van der Waals surface area contributed by atoms with Crippen LogP contribution in [0.1, 0.15) is 30.5 Å². The van der Waals surface area contributed by atoms with Gasteiger partial charge in [0, 0.05) is 24.5 Å². The van der Waals surface area contributed by atoms with Gasteiger partial charge in [-0.3, -0.25) is 9.78 Å². The summed E-state index contributed by atoms with van der Waals surface area (Å²) in [5.41, 5.74) is 4.06. The minimum Gasteiger partial charge on any atom is -0.437 e. The highest BCUT2D eigenvalue weighted by Crippen LogP contribution is 2.22. The molecule has 0 radical (unpaired) electrons. The lowest BCUT2D eigenvalue weighted by Gasteiger charge is -2.11. The standard InChI is InChI=1S/C24H23NO4/c1-17(23-13-12-22(16-25-23)29-24(27)28-2)14-21(26)15-18-8-10-20(11-9-18)19-6-4-3-5-7-19/h3-13,16-17H,14-15H2,1-2H3/t17-/m0/s1. The number of benzene rings is 2. The number of methoxy groups -OCH3 is 1. The molecule has 0 saturated heterocycles. The van der Waals surface area contributed by atoms with Gasteiger partial charge in [0.05, 0.1) is 13.3 Å². The molecule has 3 aromatic rings. The molecule has 0 unspecified atom stereocenters. The van der Waals surface area contributed by atoms with E-state index < -0.39 is 6.16 Å². The Morgan fingerprint density at radius 3 is 2.24 bits per heavy atom. The molecule has 0 aliphatic rings. The van der Waals surface area contributed by atoms with Gasteiger partial charge >= 0.3 is 6.16 Å². The zero-order valence-corrected chi connectivity index (χ0v) is 16.5. The monoisotopic (exact) mass is 389 g/mol. The molecule has 0 fully saturated rings. The van der Waals surface area contributed by atoms with Crippen molar-refractivity contribution in [2.75, 3.05) is 7.11 Å². The number of carbonyl (C=O) groups excluding carboxylic acids is 2. The van der Waals surface area contributed by atoms with Crippen molar-refractivity contribution >= 4 is 11.9 Å². The Hall–Kier alpha value is -3.47. The molecule has 1 aromatic heterocycles. The fourth-order valence-electron chi connectivity index (χ4n) is 3.07. The van der Waals surface area contributed by atoms with Crippen LogP contribution in [0.2, 0.25) is 0 Å².